The molecule has 1 N–H and O–H groups in total. The third-order valence-corrected chi connectivity index (χ3v) is 5.22. The zero-order valence-electron chi connectivity index (χ0n) is 14.5. The van der Waals surface area contributed by atoms with Gasteiger partial charge in [-0.15, -0.1) is 11.3 Å². The summed E-state index contributed by atoms with van der Waals surface area (Å²) in [4.78, 5) is 40.3. The van der Waals surface area contributed by atoms with Crippen LogP contribution in [0.3, 0.4) is 0 Å². The van der Waals surface area contributed by atoms with E-state index in [1.807, 2.05) is 13.8 Å². The minimum absolute atomic E-state index is 0.0177. The summed E-state index contributed by atoms with van der Waals surface area (Å²) in [5.74, 6) is -0.403. The van der Waals surface area contributed by atoms with Crippen molar-refractivity contribution in [3.63, 3.8) is 0 Å². The number of piperazine rings is 1. The van der Waals surface area contributed by atoms with E-state index in [4.69, 9.17) is 4.74 Å². The lowest BCUT2D eigenvalue weighted by Crippen LogP contribution is -2.51. The van der Waals surface area contributed by atoms with Crippen LogP contribution in [0.5, 0.6) is 0 Å². The van der Waals surface area contributed by atoms with Crippen molar-refractivity contribution in [1.29, 1.82) is 0 Å². The van der Waals surface area contributed by atoms with Crippen LogP contribution in [0, 0.1) is 13.8 Å². The second kappa shape index (κ2) is 7.65. The summed E-state index contributed by atoms with van der Waals surface area (Å²) in [5.41, 5.74) is 1.25. The minimum atomic E-state index is -0.420. The Balaban J connectivity index is 2.08. The molecule has 132 valence electrons. The number of carbonyl (C=O) groups is 3. The smallest absolute Gasteiger partial charge is 0.341 e. The van der Waals surface area contributed by atoms with Gasteiger partial charge >= 0.3 is 12.0 Å². The number of amides is 3. The van der Waals surface area contributed by atoms with Gasteiger partial charge in [-0.1, -0.05) is 0 Å². The van der Waals surface area contributed by atoms with E-state index in [2.05, 4.69) is 5.32 Å². The largest absolute Gasteiger partial charge is 0.462 e. The number of hydrogen-bond acceptors (Lipinski definition) is 5. The Bertz CT molecular complexity index is 648. The van der Waals surface area contributed by atoms with E-state index in [0.29, 0.717) is 36.7 Å². The Morgan fingerprint density at radius 1 is 1.12 bits per heavy atom. The highest BCUT2D eigenvalue weighted by molar-refractivity contribution is 7.16. The topological polar surface area (TPSA) is 79.0 Å². The number of esters is 1. The van der Waals surface area contributed by atoms with Crippen LogP contribution in [0.4, 0.5) is 9.80 Å². The van der Waals surface area contributed by atoms with Crippen LogP contribution in [0.2, 0.25) is 0 Å². The van der Waals surface area contributed by atoms with Crippen molar-refractivity contribution in [3.05, 3.63) is 16.0 Å². The summed E-state index contributed by atoms with van der Waals surface area (Å²) >= 11 is 1.37. The predicted molar refractivity (Wildman–Crippen MR) is 92.6 cm³/mol. The summed E-state index contributed by atoms with van der Waals surface area (Å²) in [5, 5.41) is 3.34. The Morgan fingerprint density at radius 3 is 2.25 bits per heavy atom. The number of thiophene rings is 1. The van der Waals surface area contributed by atoms with Gasteiger partial charge in [0.25, 0.3) is 0 Å². The maximum atomic E-state index is 12.5. The van der Waals surface area contributed by atoms with Crippen molar-refractivity contribution in [2.45, 2.75) is 27.7 Å². The zero-order chi connectivity index (χ0) is 17.9. The summed E-state index contributed by atoms with van der Waals surface area (Å²) in [7, 11) is 0. The van der Waals surface area contributed by atoms with E-state index < -0.39 is 5.97 Å². The van der Waals surface area contributed by atoms with Gasteiger partial charge in [-0.05, 0) is 26.3 Å². The molecule has 2 heterocycles. The van der Waals surface area contributed by atoms with E-state index in [0.717, 1.165) is 10.4 Å². The number of carbonyl (C=O) groups excluding carboxylic acids is 3. The second-order valence-corrected chi connectivity index (χ2v) is 6.86. The van der Waals surface area contributed by atoms with Crippen LogP contribution in [-0.2, 0) is 9.53 Å². The Kier molecular flexibility index (Phi) is 5.82. The number of anilines is 1. The van der Waals surface area contributed by atoms with Crippen molar-refractivity contribution in [2.75, 3.05) is 38.1 Å². The van der Waals surface area contributed by atoms with Crippen LogP contribution in [-0.4, -0.2) is 60.5 Å². The number of urea groups is 1. The van der Waals surface area contributed by atoms with Gasteiger partial charge in [0.1, 0.15) is 5.00 Å². The van der Waals surface area contributed by atoms with Gasteiger partial charge in [-0.3, -0.25) is 10.1 Å². The molecule has 0 unspecified atom stereocenters. The fourth-order valence-electron chi connectivity index (χ4n) is 2.56. The molecule has 1 saturated heterocycles. The van der Waals surface area contributed by atoms with Crippen LogP contribution in [0.15, 0.2) is 0 Å². The maximum Gasteiger partial charge on any atom is 0.341 e. The van der Waals surface area contributed by atoms with E-state index in [1.54, 1.807) is 16.7 Å². The normalized spacial score (nSPS) is 14.5. The molecular weight excluding hydrogens is 330 g/mol. The highest BCUT2D eigenvalue weighted by Gasteiger charge is 2.26. The first-order valence-electron chi connectivity index (χ1n) is 7.93. The molecule has 24 heavy (non-hydrogen) atoms. The number of hydrogen-bond donors (Lipinski definition) is 1. The summed E-state index contributed by atoms with van der Waals surface area (Å²) < 4.78 is 5.09. The van der Waals surface area contributed by atoms with Gasteiger partial charge in [-0.2, -0.15) is 0 Å². The van der Waals surface area contributed by atoms with Crippen LogP contribution < -0.4 is 5.32 Å². The van der Waals surface area contributed by atoms with Crippen molar-refractivity contribution < 1.29 is 19.1 Å². The van der Waals surface area contributed by atoms with E-state index in [9.17, 15) is 14.4 Å². The first-order valence-corrected chi connectivity index (χ1v) is 8.75. The monoisotopic (exact) mass is 353 g/mol. The number of nitrogens with one attached hydrogen (secondary N) is 1. The first-order chi connectivity index (χ1) is 11.3. The molecule has 0 spiro atoms. The third kappa shape index (κ3) is 3.87. The molecule has 1 fully saturated rings. The van der Waals surface area contributed by atoms with Crippen molar-refractivity contribution in [3.8, 4) is 0 Å². The lowest BCUT2D eigenvalue weighted by molar-refractivity contribution is -0.130. The average Bonchev–Trinajstić information content (AvgIpc) is 2.82. The van der Waals surface area contributed by atoms with Gasteiger partial charge < -0.3 is 14.5 Å². The summed E-state index contributed by atoms with van der Waals surface area (Å²) in [6.45, 7) is 9.31. The van der Waals surface area contributed by atoms with E-state index in [1.165, 1.54) is 18.3 Å². The standard InChI is InChI=1S/C16H23N3O4S/c1-5-23-15(21)13-10(2)11(3)24-14(13)17-16(22)19-8-6-18(7-9-19)12(4)20/h5-9H2,1-4H3,(H,17,22). The maximum absolute atomic E-state index is 12.5. The fraction of sp³-hybridized carbons (Fsp3) is 0.562. The number of aryl methyl sites for hydroxylation is 1. The number of ether oxygens (including phenoxy) is 1. The Hall–Kier alpha value is -2.09. The molecule has 1 aromatic heterocycles. The van der Waals surface area contributed by atoms with Gasteiger partial charge in [0.15, 0.2) is 0 Å². The third-order valence-electron chi connectivity index (χ3n) is 4.10. The average molecular weight is 353 g/mol. The molecule has 8 heteroatoms. The predicted octanol–water partition coefficient (Wildman–Crippen LogP) is 2.24. The zero-order valence-corrected chi connectivity index (χ0v) is 15.3. The van der Waals surface area contributed by atoms with Crippen molar-refractivity contribution >= 4 is 34.2 Å². The van der Waals surface area contributed by atoms with Crippen molar-refractivity contribution in [2.24, 2.45) is 0 Å². The van der Waals surface area contributed by atoms with E-state index >= 15 is 0 Å². The van der Waals surface area contributed by atoms with Crippen LogP contribution in [0.1, 0.15) is 34.6 Å². The molecule has 3 amide bonds. The highest BCUT2D eigenvalue weighted by atomic mass is 32.1. The molecule has 0 bridgehead atoms. The lowest BCUT2D eigenvalue weighted by atomic mass is 10.1. The first kappa shape index (κ1) is 18.3. The Morgan fingerprint density at radius 2 is 1.71 bits per heavy atom. The molecule has 0 atom stereocenters. The van der Waals surface area contributed by atoms with Crippen LogP contribution in [0.25, 0.3) is 0 Å². The van der Waals surface area contributed by atoms with Crippen molar-refractivity contribution in [1.82, 2.24) is 9.80 Å². The molecule has 2 rings (SSSR count). The summed E-state index contributed by atoms with van der Waals surface area (Å²) in [6.07, 6.45) is 0. The molecule has 1 aliphatic rings. The molecular formula is C16H23N3O4S. The minimum Gasteiger partial charge on any atom is -0.462 e. The second-order valence-electron chi connectivity index (χ2n) is 5.63. The molecule has 0 aromatic carbocycles. The van der Waals surface area contributed by atoms with Crippen LogP contribution >= 0.6 is 11.3 Å². The molecule has 1 aliphatic heterocycles. The van der Waals surface area contributed by atoms with Gasteiger partial charge in [0, 0.05) is 38.0 Å². The summed E-state index contributed by atoms with van der Waals surface area (Å²) in [6, 6.07) is -0.259. The quantitative estimate of drug-likeness (QED) is 0.845. The number of nitrogens with zero attached hydrogens (tertiary/aromatic N) is 2. The molecule has 0 aliphatic carbocycles. The fourth-order valence-corrected chi connectivity index (χ4v) is 3.60. The SMILES string of the molecule is CCOC(=O)c1c(NC(=O)N2CCN(C(C)=O)CC2)sc(C)c1C. The van der Waals surface area contributed by atoms with E-state index in [-0.39, 0.29) is 18.5 Å². The molecule has 0 radical (unpaired) electrons. The number of rotatable bonds is 3. The molecule has 7 nitrogen and oxygen atoms in total. The van der Waals surface area contributed by atoms with Gasteiger partial charge in [0.2, 0.25) is 5.91 Å². The Labute approximate surface area is 145 Å². The van der Waals surface area contributed by atoms with Gasteiger partial charge in [0.05, 0.1) is 12.2 Å². The molecule has 0 saturated carbocycles. The molecule has 1 aromatic rings. The van der Waals surface area contributed by atoms with Gasteiger partial charge in [-0.25, -0.2) is 9.59 Å². The highest BCUT2D eigenvalue weighted by Crippen LogP contribution is 2.33. The lowest BCUT2D eigenvalue weighted by Gasteiger charge is -2.34.